The van der Waals surface area contributed by atoms with E-state index in [1.165, 1.54) is 26.2 Å². The van der Waals surface area contributed by atoms with Crippen molar-refractivity contribution >= 4 is 23.2 Å². The van der Waals surface area contributed by atoms with E-state index in [-0.39, 0.29) is 11.3 Å². The number of anilines is 1. The summed E-state index contributed by atoms with van der Waals surface area (Å²) in [6, 6.07) is 4.52. The number of carbonyl (C=O) groups excluding carboxylic acids is 1. The Labute approximate surface area is 133 Å². The first-order valence-corrected chi connectivity index (χ1v) is 6.80. The molecule has 1 aliphatic heterocycles. The summed E-state index contributed by atoms with van der Waals surface area (Å²) in [7, 11) is 1.38. The van der Waals surface area contributed by atoms with Gasteiger partial charge in [0.15, 0.2) is 5.76 Å². The molecule has 0 spiro atoms. The highest BCUT2D eigenvalue weighted by atomic mass is 35.5. The number of rotatable bonds is 2. The standard InChI is InChI=1S/C14H10ClF3N2O3/c1-13(7-5-6(15)3-4-8(7)22-2)11-9(19-12(13)21)10(20-23-11)14(16,17)18/h3-5H,1-2H3,(H,19,21). The van der Waals surface area contributed by atoms with E-state index < -0.39 is 28.9 Å². The van der Waals surface area contributed by atoms with Gasteiger partial charge >= 0.3 is 6.18 Å². The third-order valence-electron chi connectivity index (χ3n) is 3.81. The van der Waals surface area contributed by atoms with Crippen LogP contribution >= 0.6 is 11.6 Å². The third-order valence-corrected chi connectivity index (χ3v) is 4.04. The Hall–Kier alpha value is -2.22. The Kier molecular flexibility index (Phi) is 3.33. The number of carbonyl (C=O) groups is 1. The summed E-state index contributed by atoms with van der Waals surface area (Å²) in [4.78, 5) is 12.4. The van der Waals surface area contributed by atoms with Crippen LogP contribution in [0.4, 0.5) is 18.9 Å². The average molecular weight is 347 g/mol. The lowest BCUT2D eigenvalue weighted by molar-refractivity contribution is -0.142. The van der Waals surface area contributed by atoms with Crippen LogP contribution < -0.4 is 10.1 Å². The quantitative estimate of drug-likeness (QED) is 0.902. The number of halogens is 4. The Morgan fingerprint density at radius 1 is 1.39 bits per heavy atom. The summed E-state index contributed by atoms with van der Waals surface area (Å²) in [5.74, 6) is -0.611. The molecule has 1 aliphatic rings. The molecule has 9 heteroatoms. The Morgan fingerprint density at radius 2 is 2.09 bits per heavy atom. The number of methoxy groups -OCH3 is 1. The molecule has 0 fully saturated rings. The molecule has 1 amide bonds. The summed E-state index contributed by atoms with van der Waals surface area (Å²) >= 11 is 5.95. The third kappa shape index (κ3) is 2.16. The van der Waals surface area contributed by atoms with Gasteiger partial charge in [-0.05, 0) is 25.1 Å². The van der Waals surface area contributed by atoms with Crippen molar-refractivity contribution in [3.8, 4) is 5.75 Å². The monoisotopic (exact) mass is 346 g/mol. The number of alkyl halides is 3. The van der Waals surface area contributed by atoms with Crippen molar-refractivity contribution in [2.75, 3.05) is 12.4 Å². The molecule has 5 nitrogen and oxygen atoms in total. The number of nitrogens with one attached hydrogen (secondary N) is 1. The van der Waals surface area contributed by atoms with Gasteiger partial charge in [0.05, 0.1) is 7.11 Å². The van der Waals surface area contributed by atoms with Gasteiger partial charge in [-0.25, -0.2) is 0 Å². The molecule has 1 aromatic carbocycles. The van der Waals surface area contributed by atoms with Crippen LogP contribution in [-0.4, -0.2) is 18.2 Å². The van der Waals surface area contributed by atoms with Crippen LogP contribution in [0.15, 0.2) is 22.7 Å². The topological polar surface area (TPSA) is 64.4 Å². The molecule has 0 saturated heterocycles. The summed E-state index contributed by atoms with van der Waals surface area (Å²) in [6.07, 6.45) is -4.74. The van der Waals surface area contributed by atoms with Crippen LogP contribution in [0.3, 0.4) is 0 Å². The highest BCUT2D eigenvalue weighted by molar-refractivity contribution is 6.30. The number of hydrogen-bond acceptors (Lipinski definition) is 4. The predicted molar refractivity (Wildman–Crippen MR) is 74.6 cm³/mol. The van der Waals surface area contributed by atoms with E-state index in [0.29, 0.717) is 10.8 Å². The molecule has 1 unspecified atom stereocenters. The van der Waals surface area contributed by atoms with E-state index in [1.807, 2.05) is 0 Å². The SMILES string of the molecule is COc1ccc(Cl)cc1C1(C)C(=O)Nc2c(C(F)(F)F)noc21. The van der Waals surface area contributed by atoms with E-state index >= 15 is 0 Å². The first-order valence-electron chi connectivity index (χ1n) is 6.42. The minimum absolute atomic E-state index is 0.226. The van der Waals surface area contributed by atoms with Crippen molar-refractivity contribution in [2.45, 2.75) is 18.5 Å². The number of hydrogen-bond donors (Lipinski definition) is 1. The predicted octanol–water partition coefficient (Wildman–Crippen LogP) is 3.61. The second kappa shape index (κ2) is 4.89. The molecule has 1 atom stereocenters. The van der Waals surface area contributed by atoms with Crippen molar-refractivity contribution in [2.24, 2.45) is 0 Å². The maximum Gasteiger partial charge on any atom is 0.438 e. The molecule has 1 N–H and O–H groups in total. The van der Waals surface area contributed by atoms with Gasteiger partial charge in [-0.3, -0.25) is 4.79 Å². The summed E-state index contributed by atoms with van der Waals surface area (Å²) in [6.45, 7) is 1.42. The van der Waals surface area contributed by atoms with Gasteiger partial charge in [-0.2, -0.15) is 13.2 Å². The molecule has 0 saturated carbocycles. The largest absolute Gasteiger partial charge is 0.496 e. The van der Waals surface area contributed by atoms with Gasteiger partial charge in [0.1, 0.15) is 16.9 Å². The molecular weight excluding hydrogens is 337 g/mol. The maximum absolute atomic E-state index is 12.9. The van der Waals surface area contributed by atoms with Gasteiger partial charge in [0, 0.05) is 10.6 Å². The first kappa shape index (κ1) is 15.7. The summed E-state index contributed by atoms with van der Waals surface area (Å²) < 4.78 is 48.9. The lowest BCUT2D eigenvalue weighted by atomic mass is 9.80. The first-order chi connectivity index (χ1) is 10.7. The molecule has 2 aromatic rings. The minimum Gasteiger partial charge on any atom is -0.496 e. The molecule has 0 aliphatic carbocycles. The van der Waals surface area contributed by atoms with Crippen LogP contribution in [0.2, 0.25) is 5.02 Å². The fourth-order valence-corrected chi connectivity index (χ4v) is 2.77. The molecular formula is C14H10ClF3N2O3. The minimum atomic E-state index is -4.74. The molecule has 23 heavy (non-hydrogen) atoms. The zero-order valence-corrected chi connectivity index (χ0v) is 12.7. The van der Waals surface area contributed by atoms with Crippen molar-refractivity contribution < 1.29 is 27.2 Å². The zero-order chi connectivity index (χ0) is 17.0. The number of aromatic nitrogens is 1. The van der Waals surface area contributed by atoms with Crippen molar-refractivity contribution in [3.63, 3.8) is 0 Å². The van der Waals surface area contributed by atoms with E-state index in [4.69, 9.17) is 20.9 Å². The molecule has 2 heterocycles. The van der Waals surface area contributed by atoms with Crippen LogP contribution in [0.1, 0.15) is 23.9 Å². The number of fused-ring (bicyclic) bond motifs is 1. The Morgan fingerprint density at radius 3 is 2.70 bits per heavy atom. The van der Waals surface area contributed by atoms with Gasteiger partial charge in [-0.1, -0.05) is 16.8 Å². The van der Waals surface area contributed by atoms with Crippen molar-refractivity contribution in [1.29, 1.82) is 0 Å². The molecule has 122 valence electrons. The normalized spacial score (nSPS) is 20.3. The van der Waals surface area contributed by atoms with Crippen LogP contribution in [0.5, 0.6) is 5.75 Å². The lowest BCUT2D eigenvalue weighted by Crippen LogP contribution is -2.33. The van der Waals surface area contributed by atoms with E-state index in [9.17, 15) is 18.0 Å². The molecule has 1 aromatic heterocycles. The van der Waals surface area contributed by atoms with Crippen LogP contribution in [0.25, 0.3) is 0 Å². The van der Waals surface area contributed by atoms with Gasteiger partial charge in [0.2, 0.25) is 11.6 Å². The molecule has 0 bridgehead atoms. The maximum atomic E-state index is 12.9. The Bertz CT molecular complexity index is 803. The number of ether oxygens (including phenoxy) is 1. The Balaban J connectivity index is 2.24. The number of amides is 1. The van der Waals surface area contributed by atoms with Gasteiger partial charge in [-0.15, -0.1) is 0 Å². The lowest BCUT2D eigenvalue weighted by Gasteiger charge is -2.22. The number of nitrogens with zero attached hydrogens (tertiary/aromatic N) is 1. The molecule has 3 rings (SSSR count). The van der Waals surface area contributed by atoms with Crippen molar-refractivity contribution in [1.82, 2.24) is 5.16 Å². The highest BCUT2D eigenvalue weighted by Gasteiger charge is 2.54. The number of benzene rings is 1. The van der Waals surface area contributed by atoms with E-state index in [2.05, 4.69) is 10.5 Å². The van der Waals surface area contributed by atoms with Crippen molar-refractivity contribution in [3.05, 3.63) is 40.2 Å². The zero-order valence-electron chi connectivity index (χ0n) is 11.9. The van der Waals surface area contributed by atoms with Gasteiger partial charge < -0.3 is 14.6 Å². The van der Waals surface area contributed by atoms with Crippen LogP contribution in [-0.2, 0) is 16.4 Å². The fraction of sp³-hybridized carbons (Fsp3) is 0.286. The molecule has 0 radical (unpaired) electrons. The average Bonchev–Trinajstić information content (AvgIpc) is 2.99. The van der Waals surface area contributed by atoms with E-state index in [0.717, 1.165) is 0 Å². The second-order valence-corrected chi connectivity index (χ2v) is 5.59. The highest BCUT2D eigenvalue weighted by Crippen LogP contribution is 2.50. The summed E-state index contributed by atoms with van der Waals surface area (Å²) in [5.41, 5.74) is -3.01. The van der Waals surface area contributed by atoms with E-state index in [1.54, 1.807) is 6.07 Å². The summed E-state index contributed by atoms with van der Waals surface area (Å²) in [5, 5.41) is 5.56. The smallest absolute Gasteiger partial charge is 0.438 e. The van der Waals surface area contributed by atoms with Gasteiger partial charge in [0.25, 0.3) is 0 Å². The fourth-order valence-electron chi connectivity index (χ4n) is 2.60. The second-order valence-electron chi connectivity index (χ2n) is 5.16. The van der Waals surface area contributed by atoms with Crippen LogP contribution in [0, 0.1) is 0 Å².